The quantitative estimate of drug-likeness (QED) is 0.800. The molecular formula is C12H13N5. The molecule has 1 saturated carbocycles. The van der Waals surface area contributed by atoms with Gasteiger partial charge in [0.15, 0.2) is 0 Å². The number of hydrogen-bond donors (Lipinski definition) is 1. The molecule has 1 aromatic heterocycles. The van der Waals surface area contributed by atoms with E-state index in [2.05, 4.69) is 17.3 Å². The highest BCUT2D eigenvalue weighted by atomic mass is 15.3. The van der Waals surface area contributed by atoms with Crippen LogP contribution in [0.4, 0.5) is 5.82 Å². The number of anilines is 1. The Morgan fingerprint density at radius 3 is 2.88 bits per heavy atom. The van der Waals surface area contributed by atoms with Crippen LogP contribution in [0.1, 0.15) is 25.8 Å². The van der Waals surface area contributed by atoms with Gasteiger partial charge in [-0.25, -0.2) is 4.68 Å². The first kappa shape index (κ1) is 11.2. The van der Waals surface area contributed by atoms with Crippen LogP contribution >= 0.6 is 0 Å². The van der Waals surface area contributed by atoms with Crippen LogP contribution in [0.5, 0.6) is 0 Å². The first-order valence-corrected chi connectivity index (χ1v) is 5.56. The Hall–Kier alpha value is -2.27. The number of nitriles is 2. The van der Waals surface area contributed by atoms with Crippen LogP contribution in [0.25, 0.3) is 0 Å². The molecule has 17 heavy (non-hydrogen) atoms. The van der Waals surface area contributed by atoms with Gasteiger partial charge in [-0.1, -0.05) is 0 Å². The van der Waals surface area contributed by atoms with Crippen molar-refractivity contribution in [2.75, 3.05) is 5.32 Å². The first-order valence-electron chi connectivity index (χ1n) is 5.56. The molecule has 0 unspecified atom stereocenters. The van der Waals surface area contributed by atoms with Gasteiger partial charge in [0.05, 0.1) is 12.2 Å². The van der Waals surface area contributed by atoms with Gasteiger partial charge in [0.2, 0.25) is 0 Å². The number of nitrogens with zero attached hydrogens (tertiary/aromatic N) is 4. The van der Waals surface area contributed by atoms with Gasteiger partial charge in [-0.2, -0.15) is 15.6 Å². The molecule has 1 aromatic rings. The molecule has 0 aliphatic heterocycles. The van der Waals surface area contributed by atoms with Crippen molar-refractivity contribution in [1.82, 2.24) is 9.78 Å². The lowest BCUT2D eigenvalue weighted by atomic mass is 10.2. The van der Waals surface area contributed by atoms with Gasteiger partial charge in [0.25, 0.3) is 0 Å². The predicted octanol–water partition coefficient (Wildman–Crippen LogP) is 2.20. The van der Waals surface area contributed by atoms with Crippen LogP contribution in [0.15, 0.2) is 24.0 Å². The summed E-state index contributed by atoms with van der Waals surface area (Å²) in [4.78, 5) is 0. The molecule has 2 rings (SSSR count). The molecule has 1 N–H and O–H groups in total. The fraction of sp³-hybridized carbons (Fsp3) is 0.417. The molecule has 0 amide bonds. The van der Waals surface area contributed by atoms with Crippen LogP contribution in [-0.4, -0.2) is 9.78 Å². The zero-order valence-electron chi connectivity index (χ0n) is 9.59. The van der Waals surface area contributed by atoms with Gasteiger partial charge in [-0.15, -0.1) is 0 Å². The minimum absolute atomic E-state index is 0.0526. The van der Waals surface area contributed by atoms with E-state index < -0.39 is 0 Å². The second kappa shape index (κ2) is 4.71. The molecule has 1 aliphatic rings. The van der Waals surface area contributed by atoms with E-state index in [1.54, 1.807) is 18.3 Å². The maximum absolute atomic E-state index is 8.63. The van der Waals surface area contributed by atoms with E-state index >= 15 is 0 Å². The van der Waals surface area contributed by atoms with E-state index in [0.29, 0.717) is 12.0 Å². The van der Waals surface area contributed by atoms with Crippen LogP contribution in [0, 0.1) is 28.6 Å². The molecule has 1 atom stereocenters. The first-order chi connectivity index (χ1) is 8.26. The number of hydrogen-bond acceptors (Lipinski definition) is 4. The molecule has 0 spiro atoms. The molecule has 0 bridgehead atoms. The summed E-state index contributed by atoms with van der Waals surface area (Å²) in [6.07, 6.45) is 5.62. The summed E-state index contributed by atoms with van der Waals surface area (Å²) >= 11 is 0. The Morgan fingerprint density at radius 1 is 1.59 bits per heavy atom. The molecule has 86 valence electrons. The molecule has 1 heterocycles. The van der Waals surface area contributed by atoms with Crippen LogP contribution in [0.3, 0.4) is 0 Å². The molecule has 5 heteroatoms. The molecule has 5 nitrogen and oxygen atoms in total. The van der Waals surface area contributed by atoms with E-state index in [1.165, 1.54) is 19.0 Å². The predicted molar refractivity (Wildman–Crippen MR) is 62.6 cm³/mol. The standard InChI is InChI=1S/C12H13N5/c1-9(11-2-3-11)17-12(4-5-16-17)15-8-10(6-13)7-14/h4-5,8-9,11,15H,2-3H2,1H3/t9-/m0/s1. The van der Waals surface area contributed by atoms with Crippen molar-refractivity contribution in [1.29, 1.82) is 10.5 Å². The third-order valence-electron chi connectivity index (χ3n) is 2.97. The molecule has 1 aliphatic carbocycles. The average Bonchev–Trinajstić information content (AvgIpc) is 3.09. The van der Waals surface area contributed by atoms with Gasteiger partial charge in [0.1, 0.15) is 23.5 Å². The number of aromatic nitrogens is 2. The Morgan fingerprint density at radius 2 is 2.29 bits per heavy atom. The minimum Gasteiger partial charge on any atom is -0.345 e. The number of allylic oxidation sites excluding steroid dienone is 1. The fourth-order valence-corrected chi connectivity index (χ4v) is 1.77. The molecule has 0 radical (unpaired) electrons. The van der Waals surface area contributed by atoms with E-state index in [9.17, 15) is 0 Å². The largest absolute Gasteiger partial charge is 0.345 e. The lowest BCUT2D eigenvalue weighted by Gasteiger charge is -2.14. The van der Waals surface area contributed by atoms with Gasteiger partial charge in [-0.05, 0) is 25.7 Å². The SMILES string of the molecule is C[C@@H](C1CC1)n1nccc1NC=C(C#N)C#N. The lowest BCUT2D eigenvalue weighted by molar-refractivity contribution is 0.445. The van der Waals surface area contributed by atoms with Crippen LogP contribution in [0.2, 0.25) is 0 Å². The van der Waals surface area contributed by atoms with E-state index in [0.717, 1.165) is 5.82 Å². The highest BCUT2D eigenvalue weighted by molar-refractivity contribution is 5.44. The van der Waals surface area contributed by atoms with Crippen molar-refractivity contribution in [3.05, 3.63) is 24.0 Å². The second-order valence-corrected chi connectivity index (χ2v) is 4.17. The molecular weight excluding hydrogens is 214 g/mol. The van der Waals surface area contributed by atoms with Crippen LogP contribution < -0.4 is 5.32 Å². The maximum Gasteiger partial charge on any atom is 0.145 e. The van der Waals surface area contributed by atoms with Crippen LogP contribution in [-0.2, 0) is 0 Å². The van der Waals surface area contributed by atoms with Crippen molar-refractivity contribution in [3.8, 4) is 12.1 Å². The van der Waals surface area contributed by atoms with Crippen molar-refractivity contribution in [2.45, 2.75) is 25.8 Å². The molecule has 1 fully saturated rings. The van der Waals surface area contributed by atoms with Gasteiger partial charge < -0.3 is 5.32 Å². The summed E-state index contributed by atoms with van der Waals surface area (Å²) in [6.45, 7) is 2.13. The van der Waals surface area contributed by atoms with Gasteiger partial charge >= 0.3 is 0 Å². The lowest BCUT2D eigenvalue weighted by Crippen LogP contribution is -2.11. The molecule has 0 saturated heterocycles. The van der Waals surface area contributed by atoms with Crippen molar-refractivity contribution < 1.29 is 0 Å². The third kappa shape index (κ3) is 2.46. The summed E-state index contributed by atoms with van der Waals surface area (Å²) in [5, 5.41) is 24.5. The number of nitrogens with one attached hydrogen (secondary N) is 1. The Bertz CT molecular complexity index is 494. The molecule has 0 aromatic carbocycles. The van der Waals surface area contributed by atoms with Crippen molar-refractivity contribution in [2.24, 2.45) is 5.92 Å². The highest BCUT2D eigenvalue weighted by Crippen LogP contribution is 2.40. The van der Waals surface area contributed by atoms with E-state index in [-0.39, 0.29) is 5.57 Å². The highest BCUT2D eigenvalue weighted by Gasteiger charge is 2.30. The summed E-state index contributed by atoms with van der Waals surface area (Å²) < 4.78 is 1.90. The summed E-state index contributed by atoms with van der Waals surface area (Å²) in [5.74, 6) is 1.51. The maximum atomic E-state index is 8.63. The minimum atomic E-state index is 0.0526. The second-order valence-electron chi connectivity index (χ2n) is 4.17. The average molecular weight is 227 g/mol. The van der Waals surface area contributed by atoms with Crippen molar-refractivity contribution in [3.63, 3.8) is 0 Å². The zero-order chi connectivity index (χ0) is 12.3. The topological polar surface area (TPSA) is 77.4 Å². The van der Waals surface area contributed by atoms with Gasteiger partial charge in [0, 0.05) is 12.3 Å². The van der Waals surface area contributed by atoms with Gasteiger partial charge in [-0.3, -0.25) is 0 Å². The fourth-order valence-electron chi connectivity index (χ4n) is 1.77. The monoisotopic (exact) mass is 227 g/mol. The Labute approximate surface area is 100.0 Å². The Balaban J connectivity index is 2.12. The smallest absolute Gasteiger partial charge is 0.145 e. The third-order valence-corrected chi connectivity index (χ3v) is 2.97. The zero-order valence-corrected chi connectivity index (χ0v) is 9.59. The normalized spacial score (nSPS) is 15.5. The summed E-state index contributed by atoms with van der Waals surface area (Å²) in [5.41, 5.74) is 0.0526. The van der Waals surface area contributed by atoms with Crippen molar-refractivity contribution >= 4 is 5.82 Å². The van der Waals surface area contributed by atoms with E-state index in [4.69, 9.17) is 10.5 Å². The summed E-state index contributed by atoms with van der Waals surface area (Å²) in [6, 6.07) is 5.80. The Kier molecular flexibility index (Phi) is 3.11. The van der Waals surface area contributed by atoms with E-state index in [1.807, 2.05) is 10.7 Å². The number of rotatable bonds is 4. The summed E-state index contributed by atoms with van der Waals surface area (Å²) in [7, 11) is 0.